The van der Waals surface area contributed by atoms with Crippen LogP contribution in [0.1, 0.15) is 51.9 Å². The molecule has 1 amide bonds. The van der Waals surface area contributed by atoms with Gasteiger partial charge in [0.25, 0.3) is 0 Å². The lowest BCUT2D eigenvalue weighted by atomic mass is 9.80. The molecule has 2 fully saturated rings. The summed E-state index contributed by atoms with van der Waals surface area (Å²) in [6, 6.07) is 0.387. The molecular weight excluding hydrogens is 240 g/mol. The number of hydrogen-bond acceptors (Lipinski definition) is 3. The number of carbonyl (C=O) groups is 1. The number of hydrogen-bond donors (Lipinski definition) is 2. The summed E-state index contributed by atoms with van der Waals surface area (Å²) in [6.07, 6.45) is 7.74. The second-order valence-electron chi connectivity index (χ2n) is 6.20. The molecule has 0 radical (unpaired) electrons. The third-order valence-electron chi connectivity index (χ3n) is 4.55. The minimum Gasteiger partial charge on any atom is -0.378 e. The Morgan fingerprint density at radius 3 is 2.53 bits per heavy atom. The van der Waals surface area contributed by atoms with E-state index in [0.717, 1.165) is 51.7 Å². The van der Waals surface area contributed by atoms with Crippen LogP contribution in [0.3, 0.4) is 0 Å². The van der Waals surface area contributed by atoms with Crippen LogP contribution in [0.25, 0.3) is 0 Å². The van der Waals surface area contributed by atoms with Gasteiger partial charge in [-0.3, -0.25) is 4.79 Å². The van der Waals surface area contributed by atoms with Gasteiger partial charge < -0.3 is 15.8 Å². The third kappa shape index (κ3) is 4.77. The molecule has 0 aliphatic heterocycles. The molecule has 0 aromatic carbocycles. The van der Waals surface area contributed by atoms with E-state index in [1.807, 2.05) is 6.92 Å². The first-order valence-corrected chi connectivity index (χ1v) is 7.81. The van der Waals surface area contributed by atoms with Gasteiger partial charge in [-0.25, -0.2) is 0 Å². The van der Waals surface area contributed by atoms with Gasteiger partial charge in [0.2, 0.25) is 5.91 Å². The molecule has 0 aromatic heterocycles. The number of carbonyl (C=O) groups excluding carboxylic acids is 1. The van der Waals surface area contributed by atoms with Crippen LogP contribution in [0.4, 0.5) is 0 Å². The first-order chi connectivity index (χ1) is 9.17. The summed E-state index contributed by atoms with van der Waals surface area (Å²) in [7, 11) is 0. The van der Waals surface area contributed by atoms with E-state index in [1.165, 1.54) is 0 Å². The molecule has 110 valence electrons. The van der Waals surface area contributed by atoms with Crippen molar-refractivity contribution in [2.45, 2.75) is 64.0 Å². The van der Waals surface area contributed by atoms with Crippen LogP contribution in [0.2, 0.25) is 0 Å². The molecule has 2 aliphatic carbocycles. The first kappa shape index (κ1) is 14.8. The number of nitrogens with one attached hydrogen (secondary N) is 1. The SMILES string of the molecule is CCOC1CC(CC(=O)NCC2CCC(N)CC2)C1. The predicted octanol–water partition coefficient (Wildman–Crippen LogP) is 1.83. The molecule has 0 saturated heterocycles. The Labute approximate surface area is 116 Å². The Balaban J connectivity index is 1.53. The highest BCUT2D eigenvalue weighted by Gasteiger charge is 2.31. The van der Waals surface area contributed by atoms with Crippen molar-refractivity contribution in [2.75, 3.05) is 13.2 Å². The highest BCUT2D eigenvalue weighted by Crippen LogP contribution is 2.32. The van der Waals surface area contributed by atoms with Gasteiger partial charge in [-0.05, 0) is 57.3 Å². The Morgan fingerprint density at radius 2 is 1.89 bits per heavy atom. The third-order valence-corrected chi connectivity index (χ3v) is 4.55. The van der Waals surface area contributed by atoms with Crippen molar-refractivity contribution in [3.05, 3.63) is 0 Å². The number of rotatable bonds is 6. The van der Waals surface area contributed by atoms with Crippen LogP contribution in [-0.2, 0) is 9.53 Å². The molecule has 0 heterocycles. The summed E-state index contributed by atoms with van der Waals surface area (Å²) in [6.45, 7) is 3.65. The van der Waals surface area contributed by atoms with Gasteiger partial charge in [0, 0.05) is 25.6 Å². The smallest absolute Gasteiger partial charge is 0.220 e. The van der Waals surface area contributed by atoms with Crippen molar-refractivity contribution in [3.8, 4) is 0 Å². The molecule has 4 nitrogen and oxygen atoms in total. The molecule has 2 saturated carbocycles. The Hall–Kier alpha value is -0.610. The van der Waals surface area contributed by atoms with E-state index in [2.05, 4.69) is 5.32 Å². The molecule has 2 rings (SSSR count). The fraction of sp³-hybridized carbons (Fsp3) is 0.933. The fourth-order valence-corrected chi connectivity index (χ4v) is 3.20. The van der Waals surface area contributed by atoms with E-state index in [1.54, 1.807) is 0 Å². The number of nitrogens with two attached hydrogens (primary N) is 1. The summed E-state index contributed by atoms with van der Waals surface area (Å²) >= 11 is 0. The zero-order valence-electron chi connectivity index (χ0n) is 12.1. The second kappa shape index (κ2) is 7.25. The maximum atomic E-state index is 11.8. The van der Waals surface area contributed by atoms with E-state index in [-0.39, 0.29) is 5.91 Å². The largest absolute Gasteiger partial charge is 0.378 e. The molecule has 3 N–H and O–H groups in total. The molecule has 0 spiro atoms. The molecule has 0 unspecified atom stereocenters. The summed E-state index contributed by atoms with van der Waals surface area (Å²) < 4.78 is 5.51. The van der Waals surface area contributed by atoms with Crippen LogP contribution in [0, 0.1) is 11.8 Å². The molecular formula is C15H28N2O2. The van der Waals surface area contributed by atoms with Crippen LogP contribution in [-0.4, -0.2) is 31.2 Å². The molecule has 4 heteroatoms. The quantitative estimate of drug-likeness (QED) is 0.772. The number of ether oxygens (including phenoxy) is 1. The van der Waals surface area contributed by atoms with Gasteiger partial charge in [0.05, 0.1) is 6.10 Å². The van der Waals surface area contributed by atoms with Crippen molar-refractivity contribution in [1.29, 1.82) is 0 Å². The zero-order valence-corrected chi connectivity index (χ0v) is 12.1. The topological polar surface area (TPSA) is 64.3 Å². The van der Waals surface area contributed by atoms with E-state index in [4.69, 9.17) is 10.5 Å². The maximum absolute atomic E-state index is 11.8. The standard InChI is InChI=1S/C15H28N2O2/c1-2-19-14-7-12(8-14)9-15(18)17-10-11-3-5-13(16)6-4-11/h11-14H,2-10,16H2,1H3,(H,17,18). The maximum Gasteiger partial charge on any atom is 0.220 e. The van der Waals surface area contributed by atoms with Gasteiger partial charge in [-0.2, -0.15) is 0 Å². The summed E-state index contributed by atoms with van der Waals surface area (Å²) in [5, 5.41) is 3.09. The van der Waals surface area contributed by atoms with Crippen LogP contribution in [0.15, 0.2) is 0 Å². The van der Waals surface area contributed by atoms with E-state index in [9.17, 15) is 4.79 Å². The lowest BCUT2D eigenvalue weighted by molar-refractivity contribution is -0.124. The van der Waals surface area contributed by atoms with Crippen molar-refractivity contribution in [1.82, 2.24) is 5.32 Å². The van der Waals surface area contributed by atoms with Crippen molar-refractivity contribution in [2.24, 2.45) is 17.6 Å². The minimum atomic E-state index is 0.217. The second-order valence-corrected chi connectivity index (χ2v) is 6.20. The van der Waals surface area contributed by atoms with Crippen molar-refractivity contribution in [3.63, 3.8) is 0 Å². The minimum absolute atomic E-state index is 0.217. The normalized spacial score (nSPS) is 34.6. The highest BCUT2D eigenvalue weighted by molar-refractivity contribution is 5.76. The summed E-state index contributed by atoms with van der Waals surface area (Å²) in [4.78, 5) is 11.8. The fourth-order valence-electron chi connectivity index (χ4n) is 3.20. The monoisotopic (exact) mass is 268 g/mol. The van der Waals surface area contributed by atoms with Crippen LogP contribution in [0.5, 0.6) is 0 Å². The average Bonchev–Trinajstić information content (AvgIpc) is 2.36. The zero-order chi connectivity index (χ0) is 13.7. The highest BCUT2D eigenvalue weighted by atomic mass is 16.5. The first-order valence-electron chi connectivity index (χ1n) is 7.81. The van der Waals surface area contributed by atoms with Gasteiger partial charge in [0.15, 0.2) is 0 Å². The van der Waals surface area contributed by atoms with Gasteiger partial charge in [-0.1, -0.05) is 0 Å². The Morgan fingerprint density at radius 1 is 1.21 bits per heavy atom. The Bertz CT molecular complexity index is 282. The van der Waals surface area contributed by atoms with E-state index >= 15 is 0 Å². The lowest BCUT2D eigenvalue weighted by Crippen LogP contribution is -2.38. The number of amides is 1. The molecule has 0 atom stereocenters. The Kier molecular flexibility index (Phi) is 5.64. The molecule has 2 aliphatic rings. The van der Waals surface area contributed by atoms with Gasteiger partial charge in [-0.15, -0.1) is 0 Å². The van der Waals surface area contributed by atoms with E-state index in [0.29, 0.717) is 30.4 Å². The van der Waals surface area contributed by atoms with Gasteiger partial charge in [0.1, 0.15) is 0 Å². The molecule has 19 heavy (non-hydrogen) atoms. The summed E-state index contributed by atoms with van der Waals surface area (Å²) in [5.41, 5.74) is 5.88. The molecule has 0 bridgehead atoms. The van der Waals surface area contributed by atoms with Crippen LogP contribution >= 0.6 is 0 Å². The predicted molar refractivity (Wildman–Crippen MR) is 75.7 cm³/mol. The average molecular weight is 268 g/mol. The van der Waals surface area contributed by atoms with Crippen molar-refractivity contribution < 1.29 is 9.53 Å². The molecule has 0 aromatic rings. The van der Waals surface area contributed by atoms with Crippen LogP contribution < -0.4 is 11.1 Å². The lowest BCUT2D eigenvalue weighted by Gasteiger charge is -2.34. The van der Waals surface area contributed by atoms with Crippen molar-refractivity contribution >= 4 is 5.91 Å². The van der Waals surface area contributed by atoms with Gasteiger partial charge >= 0.3 is 0 Å². The van der Waals surface area contributed by atoms with E-state index < -0.39 is 0 Å². The summed E-state index contributed by atoms with van der Waals surface area (Å²) in [5.74, 6) is 1.40.